The topological polar surface area (TPSA) is 71.8 Å². The quantitative estimate of drug-likeness (QED) is 0.891. The molecular formula is C16H22F3N7. The van der Waals surface area contributed by atoms with Crippen LogP contribution in [0.15, 0.2) is 6.20 Å². The molecule has 26 heavy (non-hydrogen) atoms. The summed E-state index contributed by atoms with van der Waals surface area (Å²) in [5.74, 6) is -0.705. The zero-order valence-corrected chi connectivity index (χ0v) is 15.0. The normalized spacial score (nSPS) is 16.3. The van der Waals surface area contributed by atoms with Gasteiger partial charge in [-0.15, -0.1) is 5.10 Å². The van der Waals surface area contributed by atoms with Crippen LogP contribution in [0.25, 0.3) is 0 Å². The molecule has 0 aliphatic carbocycles. The summed E-state index contributed by atoms with van der Waals surface area (Å²) in [6.45, 7) is 5.22. The molecule has 0 unspecified atom stereocenters. The predicted octanol–water partition coefficient (Wildman–Crippen LogP) is 2.26. The lowest BCUT2D eigenvalue weighted by Gasteiger charge is -2.33. The van der Waals surface area contributed by atoms with Gasteiger partial charge in [0, 0.05) is 30.9 Å². The Morgan fingerprint density at radius 3 is 2.50 bits per heavy atom. The SMILES string of the molecule is CNCc1cn(C2CCN(c3nc(C(F)(F)F)nc(C)c3C)CC2)nn1. The van der Waals surface area contributed by atoms with E-state index in [4.69, 9.17) is 0 Å². The van der Waals surface area contributed by atoms with E-state index in [2.05, 4.69) is 25.6 Å². The first-order valence-corrected chi connectivity index (χ1v) is 8.52. The van der Waals surface area contributed by atoms with Crippen molar-refractivity contribution in [1.29, 1.82) is 0 Å². The molecule has 0 bridgehead atoms. The van der Waals surface area contributed by atoms with Crippen molar-refractivity contribution in [1.82, 2.24) is 30.3 Å². The number of hydrogen-bond donors (Lipinski definition) is 1. The van der Waals surface area contributed by atoms with Crippen molar-refractivity contribution in [3.8, 4) is 0 Å². The summed E-state index contributed by atoms with van der Waals surface area (Å²) in [4.78, 5) is 9.30. The molecule has 1 aliphatic rings. The van der Waals surface area contributed by atoms with Crippen molar-refractivity contribution < 1.29 is 13.2 Å². The molecule has 2 aromatic heterocycles. The molecule has 2 aromatic rings. The van der Waals surface area contributed by atoms with Gasteiger partial charge < -0.3 is 10.2 Å². The van der Waals surface area contributed by atoms with Crippen LogP contribution in [0.5, 0.6) is 0 Å². The molecule has 0 aromatic carbocycles. The minimum Gasteiger partial charge on any atom is -0.356 e. The Balaban J connectivity index is 1.74. The van der Waals surface area contributed by atoms with Gasteiger partial charge in [-0.3, -0.25) is 0 Å². The Morgan fingerprint density at radius 1 is 1.19 bits per heavy atom. The summed E-state index contributed by atoms with van der Waals surface area (Å²) in [5.41, 5.74) is 1.91. The number of rotatable bonds is 4. The minimum absolute atomic E-state index is 0.190. The Kier molecular flexibility index (Phi) is 5.12. The van der Waals surface area contributed by atoms with Crippen molar-refractivity contribution in [2.75, 3.05) is 25.0 Å². The van der Waals surface area contributed by atoms with Crippen LogP contribution in [0.1, 0.15) is 41.7 Å². The first-order valence-electron chi connectivity index (χ1n) is 8.52. The van der Waals surface area contributed by atoms with Gasteiger partial charge in [-0.05, 0) is 33.7 Å². The van der Waals surface area contributed by atoms with Gasteiger partial charge in [-0.1, -0.05) is 5.21 Å². The highest BCUT2D eigenvalue weighted by molar-refractivity contribution is 5.48. The summed E-state index contributed by atoms with van der Waals surface area (Å²) in [6, 6.07) is 0.190. The summed E-state index contributed by atoms with van der Waals surface area (Å²) in [6.07, 6.45) is -1.09. The Morgan fingerprint density at radius 2 is 1.88 bits per heavy atom. The number of nitrogens with zero attached hydrogens (tertiary/aromatic N) is 6. The van der Waals surface area contributed by atoms with Crippen molar-refractivity contribution >= 4 is 5.82 Å². The van der Waals surface area contributed by atoms with Crippen LogP contribution in [0, 0.1) is 13.8 Å². The van der Waals surface area contributed by atoms with Gasteiger partial charge >= 0.3 is 6.18 Å². The lowest BCUT2D eigenvalue weighted by atomic mass is 10.0. The average Bonchev–Trinajstić information content (AvgIpc) is 3.05. The molecule has 10 heteroatoms. The molecule has 0 saturated carbocycles. The molecule has 3 rings (SSSR count). The standard InChI is InChI=1S/C16H22F3N7/c1-10-11(2)21-15(16(17,18)19)22-14(10)25-6-4-13(5-7-25)26-9-12(8-20-3)23-24-26/h9,13,20H,4-8H2,1-3H3. The lowest BCUT2D eigenvalue weighted by molar-refractivity contribution is -0.145. The van der Waals surface area contributed by atoms with Crippen LogP contribution < -0.4 is 10.2 Å². The van der Waals surface area contributed by atoms with Crippen LogP contribution in [0.3, 0.4) is 0 Å². The maximum atomic E-state index is 13.0. The van der Waals surface area contributed by atoms with Crippen LogP contribution in [0.2, 0.25) is 0 Å². The fourth-order valence-electron chi connectivity index (χ4n) is 3.14. The molecule has 7 nitrogen and oxygen atoms in total. The smallest absolute Gasteiger partial charge is 0.356 e. The van der Waals surface area contributed by atoms with Crippen molar-refractivity contribution in [2.45, 2.75) is 45.5 Å². The second kappa shape index (κ2) is 7.18. The molecule has 0 spiro atoms. The van der Waals surface area contributed by atoms with E-state index in [1.54, 1.807) is 13.8 Å². The van der Waals surface area contributed by atoms with Crippen LogP contribution in [-0.2, 0) is 12.7 Å². The summed E-state index contributed by atoms with van der Waals surface area (Å²) < 4.78 is 40.9. The average molecular weight is 369 g/mol. The fraction of sp³-hybridized carbons (Fsp3) is 0.625. The van der Waals surface area contributed by atoms with E-state index in [-0.39, 0.29) is 6.04 Å². The third-order valence-corrected chi connectivity index (χ3v) is 4.67. The molecule has 1 fully saturated rings. The fourth-order valence-corrected chi connectivity index (χ4v) is 3.14. The number of hydrogen-bond acceptors (Lipinski definition) is 6. The zero-order valence-electron chi connectivity index (χ0n) is 15.0. The van der Waals surface area contributed by atoms with E-state index in [1.165, 1.54) is 0 Å². The molecule has 3 heterocycles. The minimum atomic E-state index is -4.55. The van der Waals surface area contributed by atoms with E-state index >= 15 is 0 Å². The van der Waals surface area contributed by atoms with Crippen molar-refractivity contribution in [3.63, 3.8) is 0 Å². The summed E-state index contributed by atoms with van der Waals surface area (Å²) in [5, 5.41) is 11.3. The molecule has 142 valence electrons. The van der Waals surface area contributed by atoms with E-state index in [9.17, 15) is 13.2 Å². The number of alkyl halides is 3. The highest BCUT2D eigenvalue weighted by Crippen LogP contribution is 2.32. The van der Waals surface area contributed by atoms with E-state index < -0.39 is 12.0 Å². The molecule has 0 atom stereocenters. The zero-order chi connectivity index (χ0) is 18.9. The molecular weight excluding hydrogens is 347 g/mol. The van der Waals surface area contributed by atoms with Crippen molar-refractivity contribution in [2.24, 2.45) is 0 Å². The Hall–Kier alpha value is -2.23. The van der Waals surface area contributed by atoms with Gasteiger partial charge in [0.2, 0.25) is 5.82 Å². The highest BCUT2D eigenvalue weighted by Gasteiger charge is 2.36. The summed E-state index contributed by atoms with van der Waals surface area (Å²) in [7, 11) is 1.85. The number of piperidine rings is 1. The molecule has 1 saturated heterocycles. The second-order valence-electron chi connectivity index (χ2n) is 6.52. The van der Waals surface area contributed by atoms with Gasteiger partial charge in [0.05, 0.1) is 17.9 Å². The van der Waals surface area contributed by atoms with E-state index in [0.29, 0.717) is 36.7 Å². The maximum Gasteiger partial charge on any atom is 0.451 e. The second-order valence-corrected chi connectivity index (χ2v) is 6.52. The first kappa shape index (κ1) is 18.6. The van der Waals surface area contributed by atoms with Crippen LogP contribution >= 0.6 is 0 Å². The third kappa shape index (κ3) is 3.79. The Labute approximate surface area is 149 Å². The van der Waals surface area contributed by atoms with Gasteiger partial charge in [0.15, 0.2) is 0 Å². The number of aryl methyl sites for hydroxylation is 1. The monoisotopic (exact) mass is 369 g/mol. The van der Waals surface area contributed by atoms with Gasteiger partial charge in [0.25, 0.3) is 0 Å². The van der Waals surface area contributed by atoms with E-state index in [0.717, 1.165) is 18.5 Å². The number of anilines is 1. The molecule has 1 N–H and O–H groups in total. The van der Waals surface area contributed by atoms with Crippen LogP contribution in [0.4, 0.5) is 19.0 Å². The number of halogens is 3. The molecule has 0 amide bonds. The maximum absolute atomic E-state index is 13.0. The van der Waals surface area contributed by atoms with Crippen LogP contribution in [-0.4, -0.2) is 45.1 Å². The predicted molar refractivity (Wildman–Crippen MR) is 89.8 cm³/mol. The summed E-state index contributed by atoms with van der Waals surface area (Å²) >= 11 is 0. The number of aromatic nitrogens is 5. The van der Waals surface area contributed by atoms with Crippen molar-refractivity contribution in [3.05, 3.63) is 29.0 Å². The van der Waals surface area contributed by atoms with Gasteiger partial charge in [0.1, 0.15) is 5.82 Å². The number of nitrogens with one attached hydrogen (secondary N) is 1. The van der Waals surface area contributed by atoms with Gasteiger partial charge in [-0.25, -0.2) is 14.6 Å². The first-order chi connectivity index (χ1) is 12.3. The highest BCUT2D eigenvalue weighted by atomic mass is 19.4. The van der Waals surface area contributed by atoms with Gasteiger partial charge in [-0.2, -0.15) is 13.2 Å². The Bertz CT molecular complexity index is 764. The molecule has 1 aliphatic heterocycles. The lowest BCUT2D eigenvalue weighted by Crippen LogP contribution is -2.36. The van der Waals surface area contributed by atoms with E-state index in [1.807, 2.05) is 22.8 Å². The third-order valence-electron chi connectivity index (χ3n) is 4.67. The largest absolute Gasteiger partial charge is 0.451 e. The molecule has 0 radical (unpaired) electrons.